The molecule has 2 atom stereocenters. The number of furan rings is 1. The first-order valence-electron chi connectivity index (χ1n) is 13.7. The van der Waals surface area contributed by atoms with Crippen molar-refractivity contribution >= 4 is 42.1 Å². The summed E-state index contributed by atoms with van der Waals surface area (Å²) in [5.74, 6) is 0.581. The van der Waals surface area contributed by atoms with Crippen molar-refractivity contribution in [1.29, 1.82) is 0 Å². The molecular formula is C33H35NO5SSi. The lowest BCUT2D eigenvalue weighted by molar-refractivity contribution is 0.0470. The summed E-state index contributed by atoms with van der Waals surface area (Å²) in [6.07, 6.45) is -0.456. The van der Waals surface area contributed by atoms with Crippen LogP contribution in [-0.4, -0.2) is 32.2 Å². The molecule has 3 aromatic carbocycles. The van der Waals surface area contributed by atoms with Gasteiger partial charge in [-0.2, -0.15) is 0 Å². The highest BCUT2D eigenvalue weighted by atomic mass is 32.1. The van der Waals surface area contributed by atoms with E-state index in [0.717, 1.165) is 5.56 Å². The third kappa shape index (κ3) is 6.00. The molecule has 0 saturated carbocycles. The average Bonchev–Trinajstić information content (AvgIpc) is 3.55. The van der Waals surface area contributed by atoms with Crippen molar-refractivity contribution in [3.63, 3.8) is 0 Å². The molecule has 1 aliphatic heterocycles. The molecule has 0 bridgehead atoms. The molecule has 212 valence electrons. The fraction of sp³-hybridized carbons (Fsp3) is 0.273. The molecule has 0 radical (unpaired) electrons. The average molecular weight is 586 g/mol. The minimum Gasteiger partial charge on any atom is -0.463 e. The van der Waals surface area contributed by atoms with E-state index < -0.39 is 26.4 Å². The molecule has 1 saturated heterocycles. The maximum Gasteiger partial charge on any atom is 0.342 e. The first-order chi connectivity index (χ1) is 19.7. The molecule has 0 aliphatic carbocycles. The Morgan fingerprint density at radius 2 is 1.49 bits per heavy atom. The maximum atomic E-state index is 12.9. The highest BCUT2D eigenvalue weighted by Gasteiger charge is 2.51. The number of ether oxygens (including phenoxy) is 2. The number of carbonyl (C=O) groups excluding carboxylic acids is 1. The molecule has 1 N–H and O–H groups in total. The van der Waals surface area contributed by atoms with Gasteiger partial charge in [0.1, 0.15) is 29.7 Å². The SMILES string of the molecule is Cc1oc([C@@H]2NC(=S)O[C@@H]2CO[Si](c2ccccc2)(c2ccccc2)C(C)(C)C)cc1C(=O)OCc1ccccc1. The fourth-order valence-corrected chi connectivity index (χ4v) is 10.3. The summed E-state index contributed by atoms with van der Waals surface area (Å²) >= 11 is 5.42. The highest BCUT2D eigenvalue weighted by Crippen LogP contribution is 2.38. The molecule has 2 heterocycles. The van der Waals surface area contributed by atoms with Crippen LogP contribution in [0.15, 0.2) is 101 Å². The lowest BCUT2D eigenvalue weighted by atomic mass is 10.1. The van der Waals surface area contributed by atoms with Gasteiger partial charge in [0.05, 0.1) is 6.61 Å². The highest BCUT2D eigenvalue weighted by molar-refractivity contribution is 7.80. The summed E-state index contributed by atoms with van der Waals surface area (Å²) in [7, 11) is -2.79. The summed E-state index contributed by atoms with van der Waals surface area (Å²) in [6, 6.07) is 31.8. The van der Waals surface area contributed by atoms with Gasteiger partial charge in [0.2, 0.25) is 0 Å². The number of thiocarbonyl (C=S) groups is 1. The molecule has 5 rings (SSSR count). The minimum absolute atomic E-state index is 0.184. The van der Waals surface area contributed by atoms with E-state index in [1.54, 1.807) is 13.0 Å². The Bertz CT molecular complexity index is 1450. The van der Waals surface area contributed by atoms with E-state index in [1.807, 2.05) is 42.5 Å². The third-order valence-electron chi connectivity index (χ3n) is 7.46. The lowest BCUT2D eigenvalue weighted by Crippen LogP contribution is -2.67. The quantitative estimate of drug-likeness (QED) is 0.150. The van der Waals surface area contributed by atoms with Crippen molar-refractivity contribution in [3.05, 3.63) is 120 Å². The van der Waals surface area contributed by atoms with Crippen molar-refractivity contribution in [2.45, 2.75) is 51.5 Å². The molecular weight excluding hydrogens is 551 g/mol. The largest absolute Gasteiger partial charge is 0.463 e. The van der Waals surface area contributed by atoms with Gasteiger partial charge < -0.3 is 23.6 Å². The molecule has 1 aliphatic rings. The van der Waals surface area contributed by atoms with E-state index in [4.69, 9.17) is 30.5 Å². The molecule has 0 amide bonds. The van der Waals surface area contributed by atoms with Crippen LogP contribution in [-0.2, 0) is 20.5 Å². The van der Waals surface area contributed by atoms with Crippen LogP contribution in [0.25, 0.3) is 0 Å². The van der Waals surface area contributed by atoms with E-state index in [1.165, 1.54) is 10.4 Å². The summed E-state index contributed by atoms with van der Waals surface area (Å²) in [5, 5.41) is 5.66. The topological polar surface area (TPSA) is 69.9 Å². The second kappa shape index (κ2) is 12.0. The van der Waals surface area contributed by atoms with Crippen LogP contribution in [0.3, 0.4) is 0 Å². The minimum atomic E-state index is -2.79. The predicted octanol–water partition coefficient (Wildman–Crippen LogP) is 5.84. The van der Waals surface area contributed by atoms with E-state index >= 15 is 0 Å². The van der Waals surface area contributed by atoms with Gasteiger partial charge in [-0.15, -0.1) is 0 Å². The maximum absolute atomic E-state index is 12.9. The molecule has 1 fully saturated rings. The zero-order valence-corrected chi connectivity index (χ0v) is 25.6. The van der Waals surface area contributed by atoms with Gasteiger partial charge >= 0.3 is 5.97 Å². The van der Waals surface area contributed by atoms with Gasteiger partial charge in [-0.1, -0.05) is 112 Å². The van der Waals surface area contributed by atoms with Crippen molar-refractivity contribution < 1.29 is 23.1 Å². The number of nitrogens with one attached hydrogen (secondary N) is 1. The van der Waals surface area contributed by atoms with Gasteiger partial charge in [-0.3, -0.25) is 0 Å². The van der Waals surface area contributed by atoms with Crippen molar-refractivity contribution in [2.75, 3.05) is 6.61 Å². The normalized spacial score (nSPS) is 17.1. The van der Waals surface area contributed by atoms with Gasteiger partial charge in [-0.25, -0.2) is 4.79 Å². The summed E-state index contributed by atoms with van der Waals surface area (Å²) in [5.41, 5.74) is 1.29. The number of rotatable bonds is 9. The Balaban J connectivity index is 1.40. The van der Waals surface area contributed by atoms with Crippen molar-refractivity contribution in [3.8, 4) is 0 Å². The number of hydrogen-bond acceptors (Lipinski definition) is 6. The number of aryl methyl sites for hydroxylation is 1. The first kappa shape index (κ1) is 28.8. The fourth-order valence-electron chi connectivity index (χ4n) is 5.47. The van der Waals surface area contributed by atoms with Gasteiger partial charge in [-0.05, 0) is 46.2 Å². The molecule has 0 spiro atoms. The number of carbonyl (C=O) groups is 1. The van der Waals surface area contributed by atoms with Gasteiger partial charge in [0.25, 0.3) is 13.5 Å². The Labute approximate surface area is 247 Å². The van der Waals surface area contributed by atoms with Crippen LogP contribution in [0.4, 0.5) is 0 Å². The van der Waals surface area contributed by atoms with E-state index in [0.29, 0.717) is 17.1 Å². The van der Waals surface area contributed by atoms with Crippen LogP contribution < -0.4 is 15.7 Å². The monoisotopic (exact) mass is 585 g/mol. The van der Waals surface area contributed by atoms with Crippen LogP contribution >= 0.6 is 12.2 Å². The molecule has 6 nitrogen and oxygen atoms in total. The van der Waals surface area contributed by atoms with Crippen LogP contribution in [0.2, 0.25) is 5.04 Å². The standard InChI is InChI=1S/C33H35NO5SSi/c1-23-27(31(35)36-21-24-14-8-5-9-15-24)20-28(38-23)30-29(39-32(40)34-30)22-37-41(33(2,3)4,25-16-10-6-11-17-25)26-18-12-7-13-19-26/h5-20,29-30H,21-22H2,1-4H3,(H,34,40)/t29-,30+/m1/s1. The van der Waals surface area contributed by atoms with Crippen molar-refractivity contribution in [2.24, 2.45) is 0 Å². The number of hydrogen-bond donors (Lipinski definition) is 1. The number of esters is 1. The molecule has 0 unspecified atom stereocenters. The summed E-state index contributed by atoms with van der Waals surface area (Å²) in [4.78, 5) is 12.9. The summed E-state index contributed by atoms with van der Waals surface area (Å²) in [6.45, 7) is 8.92. The zero-order valence-electron chi connectivity index (χ0n) is 23.8. The summed E-state index contributed by atoms with van der Waals surface area (Å²) < 4.78 is 24.8. The predicted molar refractivity (Wildman–Crippen MR) is 166 cm³/mol. The zero-order chi connectivity index (χ0) is 29.0. The number of benzene rings is 3. The Hall–Kier alpha value is -3.72. The van der Waals surface area contributed by atoms with Gasteiger partial charge in [0, 0.05) is 0 Å². The smallest absolute Gasteiger partial charge is 0.342 e. The second-order valence-corrected chi connectivity index (χ2v) is 15.9. The molecule has 8 heteroatoms. The second-order valence-electron chi connectivity index (χ2n) is 11.2. The van der Waals surface area contributed by atoms with E-state index in [9.17, 15) is 4.79 Å². The Morgan fingerprint density at radius 3 is 2.05 bits per heavy atom. The molecule has 4 aromatic rings. The van der Waals surface area contributed by atoms with Crippen LogP contribution in [0.1, 0.15) is 54.3 Å². The van der Waals surface area contributed by atoms with Crippen LogP contribution in [0, 0.1) is 6.92 Å². The van der Waals surface area contributed by atoms with Crippen molar-refractivity contribution in [1.82, 2.24) is 5.32 Å². The van der Waals surface area contributed by atoms with E-state index in [2.05, 4.69) is 74.6 Å². The van der Waals surface area contributed by atoms with Gasteiger partial charge in [0.15, 0.2) is 6.10 Å². The Kier molecular flexibility index (Phi) is 8.44. The lowest BCUT2D eigenvalue weighted by Gasteiger charge is -2.43. The third-order valence-corrected chi connectivity index (χ3v) is 12.7. The van der Waals surface area contributed by atoms with E-state index in [-0.39, 0.29) is 23.4 Å². The Morgan fingerprint density at radius 1 is 0.927 bits per heavy atom. The molecule has 41 heavy (non-hydrogen) atoms. The van der Waals surface area contributed by atoms with Crippen LogP contribution in [0.5, 0.6) is 0 Å². The molecule has 1 aromatic heterocycles. The first-order valence-corrected chi connectivity index (χ1v) is 16.0.